The summed E-state index contributed by atoms with van der Waals surface area (Å²) in [4.78, 5) is 13.6. The van der Waals surface area contributed by atoms with E-state index in [9.17, 15) is 4.79 Å². The highest BCUT2D eigenvalue weighted by molar-refractivity contribution is 7.10. The Bertz CT molecular complexity index is 707. The third-order valence-electron chi connectivity index (χ3n) is 3.81. The summed E-state index contributed by atoms with van der Waals surface area (Å²) in [6, 6.07) is 2.38. The summed E-state index contributed by atoms with van der Waals surface area (Å²) in [5.74, 6) is 0. The normalized spacial score (nSPS) is 17.8. The zero-order valence-electron chi connectivity index (χ0n) is 12.1. The molecule has 2 aromatic heterocycles. The van der Waals surface area contributed by atoms with E-state index >= 15 is 0 Å². The molecule has 1 unspecified atom stereocenters. The molecule has 6 heteroatoms. The third-order valence-corrected chi connectivity index (χ3v) is 5.18. The molecule has 3 rings (SSSR count). The van der Waals surface area contributed by atoms with Crippen LogP contribution >= 0.6 is 22.9 Å². The highest BCUT2D eigenvalue weighted by atomic mass is 35.5. The smallest absolute Gasteiger partial charge is 0.287 e. The molecule has 21 heavy (non-hydrogen) atoms. The van der Waals surface area contributed by atoms with Crippen LogP contribution in [0, 0.1) is 0 Å². The van der Waals surface area contributed by atoms with E-state index < -0.39 is 0 Å². The first kappa shape index (κ1) is 14.6. The quantitative estimate of drug-likeness (QED) is 0.927. The SMILES string of the molecule is CC(C)n1ncc(NC2CCCc3sccc32)c(Cl)c1=O. The zero-order valence-corrected chi connectivity index (χ0v) is 13.7. The van der Waals surface area contributed by atoms with Crippen molar-refractivity contribution in [1.29, 1.82) is 0 Å². The molecule has 4 nitrogen and oxygen atoms in total. The molecule has 1 N–H and O–H groups in total. The Morgan fingerprint density at radius 2 is 2.33 bits per heavy atom. The molecule has 0 amide bonds. The molecule has 1 atom stereocenters. The van der Waals surface area contributed by atoms with Gasteiger partial charge in [-0.3, -0.25) is 4.79 Å². The van der Waals surface area contributed by atoms with E-state index in [2.05, 4.69) is 21.9 Å². The van der Waals surface area contributed by atoms with Gasteiger partial charge in [0.25, 0.3) is 5.56 Å². The second-order valence-electron chi connectivity index (χ2n) is 5.60. The predicted molar refractivity (Wildman–Crippen MR) is 87.5 cm³/mol. The number of anilines is 1. The highest BCUT2D eigenvalue weighted by Gasteiger charge is 2.22. The molecule has 2 aromatic rings. The molecular weight excluding hydrogens is 306 g/mol. The fourth-order valence-corrected chi connectivity index (χ4v) is 3.91. The van der Waals surface area contributed by atoms with E-state index in [1.807, 2.05) is 13.8 Å². The van der Waals surface area contributed by atoms with E-state index in [0.29, 0.717) is 5.69 Å². The van der Waals surface area contributed by atoms with Gasteiger partial charge in [-0.15, -0.1) is 11.3 Å². The largest absolute Gasteiger partial charge is 0.376 e. The summed E-state index contributed by atoms with van der Waals surface area (Å²) in [5, 5.41) is 9.95. The lowest BCUT2D eigenvalue weighted by atomic mass is 9.94. The summed E-state index contributed by atoms with van der Waals surface area (Å²) >= 11 is 8.03. The van der Waals surface area contributed by atoms with Crippen molar-refractivity contribution in [1.82, 2.24) is 9.78 Å². The van der Waals surface area contributed by atoms with Gasteiger partial charge in [-0.05, 0) is 50.1 Å². The van der Waals surface area contributed by atoms with Crippen LogP contribution in [0.2, 0.25) is 5.02 Å². The first-order valence-corrected chi connectivity index (χ1v) is 8.44. The number of hydrogen-bond acceptors (Lipinski definition) is 4. The summed E-state index contributed by atoms with van der Waals surface area (Å²) in [5.41, 5.74) is 1.72. The number of thiophene rings is 1. The molecule has 0 aromatic carbocycles. The lowest BCUT2D eigenvalue weighted by molar-refractivity contribution is 0.502. The van der Waals surface area contributed by atoms with Crippen LogP contribution in [0.3, 0.4) is 0 Å². The van der Waals surface area contributed by atoms with E-state index in [-0.39, 0.29) is 22.7 Å². The average molecular weight is 324 g/mol. The molecule has 1 aliphatic carbocycles. The van der Waals surface area contributed by atoms with Crippen LogP contribution in [-0.4, -0.2) is 9.78 Å². The molecule has 0 saturated carbocycles. The Kier molecular flexibility index (Phi) is 4.04. The molecule has 0 radical (unpaired) electrons. The minimum atomic E-state index is -0.238. The van der Waals surface area contributed by atoms with E-state index in [0.717, 1.165) is 19.3 Å². The van der Waals surface area contributed by atoms with Gasteiger partial charge in [0.2, 0.25) is 0 Å². The van der Waals surface area contributed by atoms with Gasteiger partial charge in [-0.1, -0.05) is 11.6 Å². The van der Waals surface area contributed by atoms with E-state index in [1.165, 1.54) is 15.1 Å². The van der Waals surface area contributed by atoms with Crippen LogP contribution in [0.1, 0.15) is 49.2 Å². The average Bonchev–Trinajstić information content (AvgIpc) is 2.93. The summed E-state index contributed by atoms with van der Waals surface area (Å²) in [7, 11) is 0. The molecule has 2 heterocycles. The second kappa shape index (κ2) is 5.81. The minimum Gasteiger partial charge on any atom is -0.376 e. The lowest BCUT2D eigenvalue weighted by Crippen LogP contribution is -2.26. The number of aryl methyl sites for hydroxylation is 1. The lowest BCUT2D eigenvalue weighted by Gasteiger charge is -2.25. The molecule has 1 aliphatic rings. The van der Waals surface area contributed by atoms with Crippen LogP contribution < -0.4 is 10.9 Å². The van der Waals surface area contributed by atoms with Crippen LogP contribution in [0.25, 0.3) is 0 Å². The molecular formula is C15H18ClN3OS. The first-order chi connectivity index (χ1) is 10.1. The standard InChI is InChI=1S/C15H18ClN3OS/c1-9(2)19-15(20)14(16)12(8-17-19)18-11-4-3-5-13-10(11)6-7-21-13/h6-9,11,18H,3-5H2,1-2H3. The second-order valence-corrected chi connectivity index (χ2v) is 6.98. The maximum Gasteiger partial charge on any atom is 0.287 e. The minimum absolute atomic E-state index is 0.00204. The first-order valence-electron chi connectivity index (χ1n) is 7.18. The fourth-order valence-electron chi connectivity index (χ4n) is 2.74. The van der Waals surface area contributed by atoms with Crippen molar-refractivity contribution in [2.75, 3.05) is 5.32 Å². The number of nitrogens with one attached hydrogen (secondary N) is 1. The van der Waals surface area contributed by atoms with Crippen molar-refractivity contribution >= 4 is 28.6 Å². The van der Waals surface area contributed by atoms with Gasteiger partial charge in [0.05, 0.1) is 24.0 Å². The van der Waals surface area contributed by atoms with Gasteiger partial charge >= 0.3 is 0 Å². The van der Waals surface area contributed by atoms with Crippen LogP contribution in [0.5, 0.6) is 0 Å². The van der Waals surface area contributed by atoms with Gasteiger partial charge in [0, 0.05) is 4.88 Å². The molecule has 112 valence electrons. The van der Waals surface area contributed by atoms with Crippen molar-refractivity contribution in [3.8, 4) is 0 Å². The number of hydrogen-bond donors (Lipinski definition) is 1. The van der Waals surface area contributed by atoms with Crippen molar-refractivity contribution < 1.29 is 0 Å². The summed E-state index contributed by atoms with van der Waals surface area (Å²) in [6.45, 7) is 3.83. The summed E-state index contributed by atoms with van der Waals surface area (Å²) in [6.07, 6.45) is 5.00. The van der Waals surface area contributed by atoms with Crippen molar-refractivity contribution in [3.05, 3.63) is 43.5 Å². The Morgan fingerprint density at radius 1 is 1.52 bits per heavy atom. The molecule has 0 aliphatic heterocycles. The predicted octanol–water partition coefficient (Wildman–Crippen LogP) is 4.03. The maximum absolute atomic E-state index is 12.2. The Morgan fingerprint density at radius 3 is 3.10 bits per heavy atom. The molecule has 0 saturated heterocycles. The number of fused-ring (bicyclic) bond motifs is 1. The van der Waals surface area contributed by atoms with Crippen molar-refractivity contribution in [2.24, 2.45) is 0 Å². The zero-order chi connectivity index (χ0) is 15.0. The Labute approximate surface area is 132 Å². The molecule has 0 fully saturated rings. The Hall–Kier alpha value is -1.33. The van der Waals surface area contributed by atoms with Gasteiger partial charge in [0.15, 0.2) is 0 Å². The van der Waals surface area contributed by atoms with Crippen LogP contribution in [0.4, 0.5) is 5.69 Å². The highest BCUT2D eigenvalue weighted by Crippen LogP contribution is 2.36. The fraction of sp³-hybridized carbons (Fsp3) is 0.467. The number of aromatic nitrogens is 2. The molecule has 0 spiro atoms. The number of halogens is 1. The van der Waals surface area contributed by atoms with Crippen LogP contribution in [0.15, 0.2) is 22.4 Å². The van der Waals surface area contributed by atoms with Gasteiger partial charge in [-0.2, -0.15) is 5.10 Å². The number of rotatable bonds is 3. The maximum atomic E-state index is 12.2. The van der Waals surface area contributed by atoms with Crippen molar-refractivity contribution in [3.63, 3.8) is 0 Å². The van der Waals surface area contributed by atoms with Gasteiger partial charge < -0.3 is 5.32 Å². The van der Waals surface area contributed by atoms with Crippen LogP contribution in [-0.2, 0) is 6.42 Å². The topological polar surface area (TPSA) is 46.9 Å². The third kappa shape index (κ3) is 2.72. The van der Waals surface area contributed by atoms with E-state index in [4.69, 9.17) is 11.6 Å². The molecule has 0 bridgehead atoms. The van der Waals surface area contributed by atoms with Crippen molar-refractivity contribution in [2.45, 2.75) is 45.2 Å². The monoisotopic (exact) mass is 323 g/mol. The van der Waals surface area contributed by atoms with E-state index in [1.54, 1.807) is 17.5 Å². The Balaban J connectivity index is 1.91. The van der Waals surface area contributed by atoms with Gasteiger partial charge in [0.1, 0.15) is 5.02 Å². The van der Waals surface area contributed by atoms with Gasteiger partial charge in [-0.25, -0.2) is 4.68 Å². The summed E-state index contributed by atoms with van der Waals surface area (Å²) < 4.78 is 1.41. The number of nitrogens with zero attached hydrogens (tertiary/aromatic N) is 2.